The van der Waals surface area contributed by atoms with Crippen molar-refractivity contribution in [1.82, 2.24) is 10.3 Å². The lowest BCUT2D eigenvalue weighted by atomic mass is 10.1. The van der Waals surface area contributed by atoms with Gasteiger partial charge in [0.05, 0.1) is 26.1 Å². The summed E-state index contributed by atoms with van der Waals surface area (Å²) in [6, 6.07) is 21.4. The molecule has 0 spiro atoms. The summed E-state index contributed by atoms with van der Waals surface area (Å²) in [6.07, 6.45) is 1.57. The molecule has 0 aromatic heterocycles. The third-order valence-corrected chi connectivity index (χ3v) is 6.48. The molecule has 0 saturated carbocycles. The Kier molecular flexibility index (Phi) is 8.39. The molecule has 0 unspecified atom stereocenters. The first-order chi connectivity index (χ1) is 17.1. The second kappa shape index (κ2) is 11.9. The molecule has 1 N–H and O–H groups in total. The van der Waals surface area contributed by atoms with Crippen LogP contribution in [-0.4, -0.2) is 57.4 Å². The maximum absolute atomic E-state index is 12.5. The molecule has 0 radical (unpaired) electrons. The smallest absolute Gasteiger partial charge is 0.271 e. The van der Waals surface area contributed by atoms with E-state index in [0.29, 0.717) is 11.3 Å². The highest BCUT2D eigenvalue weighted by Gasteiger charge is 2.19. The fourth-order valence-electron chi connectivity index (χ4n) is 4.09. The molecule has 1 fully saturated rings. The fourth-order valence-corrected chi connectivity index (χ4v) is 4.47. The quantitative estimate of drug-likeness (QED) is 0.338. The van der Waals surface area contributed by atoms with Gasteiger partial charge in [0.1, 0.15) is 11.5 Å². The number of nitrogens with zero attached hydrogens (tertiary/aromatic N) is 3. The first kappa shape index (κ1) is 24.8. The first-order valence-corrected chi connectivity index (χ1v) is 12.2. The predicted molar refractivity (Wildman–Crippen MR) is 143 cm³/mol. The summed E-state index contributed by atoms with van der Waals surface area (Å²) >= 11 is 3.43. The van der Waals surface area contributed by atoms with E-state index < -0.39 is 0 Å². The predicted octanol–water partition coefficient (Wildman–Crippen LogP) is 4.55. The molecule has 1 amide bonds. The Balaban J connectivity index is 1.28. The zero-order valence-electron chi connectivity index (χ0n) is 19.9. The molecular formula is C27H29BrN4O3. The number of piperazine rings is 1. The van der Waals surface area contributed by atoms with Gasteiger partial charge in [0.25, 0.3) is 5.91 Å². The molecule has 35 heavy (non-hydrogen) atoms. The number of hydrogen-bond acceptors (Lipinski definition) is 6. The Labute approximate surface area is 214 Å². The minimum Gasteiger partial charge on any atom is -0.496 e. The minimum atomic E-state index is -0.257. The zero-order chi connectivity index (χ0) is 24.6. The highest BCUT2D eigenvalue weighted by atomic mass is 79.9. The number of carbonyl (C=O) groups is 1. The first-order valence-electron chi connectivity index (χ1n) is 11.4. The van der Waals surface area contributed by atoms with E-state index in [1.807, 2.05) is 60.7 Å². The minimum absolute atomic E-state index is 0.257. The Bertz CT molecular complexity index is 1180. The number of para-hydroxylation sites is 2. The summed E-state index contributed by atoms with van der Waals surface area (Å²) in [5.41, 5.74) is 6.23. The molecule has 3 aromatic carbocycles. The third-order valence-electron chi connectivity index (χ3n) is 5.98. The summed E-state index contributed by atoms with van der Waals surface area (Å²) in [4.78, 5) is 17.3. The van der Waals surface area contributed by atoms with Crippen molar-refractivity contribution < 1.29 is 14.3 Å². The Hall–Kier alpha value is -3.36. The zero-order valence-corrected chi connectivity index (χ0v) is 21.5. The van der Waals surface area contributed by atoms with Crippen molar-refractivity contribution in [3.8, 4) is 11.5 Å². The van der Waals surface area contributed by atoms with Crippen LogP contribution in [0.1, 0.15) is 21.5 Å². The van der Waals surface area contributed by atoms with E-state index in [2.05, 4.69) is 42.3 Å². The van der Waals surface area contributed by atoms with Crippen LogP contribution in [0.3, 0.4) is 0 Å². The van der Waals surface area contributed by atoms with Gasteiger partial charge in [-0.1, -0.05) is 40.2 Å². The van der Waals surface area contributed by atoms with Crippen molar-refractivity contribution in [1.29, 1.82) is 0 Å². The second-order valence-corrected chi connectivity index (χ2v) is 9.13. The molecule has 4 rings (SSSR count). The van der Waals surface area contributed by atoms with Crippen molar-refractivity contribution >= 4 is 33.7 Å². The number of halogens is 1. The molecule has 0 aliphatic carbocycles. The monoisotopic (exact) mass is 536 g/mol. The van der Waals surface area contributed by atoms with Gasteiger partial charge in [0.15, 0.2) is 0 Å². The fraction of sp³-hybridized carbons (Fsp3) is 0.259. The van der Waals surface area contributed by atoms with Gasteiger partial charge < -0.3 is 14.4 Å². The van der Waals surface area contributed by atoms with E-state index in [1.165, 1.54) is 5.56 Å². The lowest BCUT2D eigenvalue weighted by Crippen LogP contribution is -2.46. The maximum Gasteiger partial charge on any atom is 0.271 e. The van der Waals surface area contributed by atoms with Crippen LogP contribution in [0, 0.1) is 0 Å². The van der Waals surface area contributed by atoms with Gasteiger partial charge in [-0.05, 0) is 48.0 Å². The van der Waals surface area contributed by atoms with Crippen LogP contribution in [0.2, 0.25) is 0 Å². The Morgan fingerprint density at radius 1 is 0.971 bits per heavy atom. The number of benzene rings is 3. The summed E-state index contributed by atoms with van der Waals surface area (Å²) in [5, 5.41) is 4.08. The molecule has 0 bridgehead atoms. The number of hydrogen-bond donors (Lipinski definition) is 1. The summed E-state index contributed by atoms with van der Waals surface area (Å²) < 4.78 is 11.7. The number of hydrazone groups is 1. The Morgan fingerprint density at radius 2 is 1.69 bits per heavy atom. The average molecular weight is 537 g/mol. The SMILES string of the molecule is COc1ccc(Br)cc1/C=N\NC(=O)c1ccc(CN2CCN(c3ccccc3OC)CC2)cc1. The molecule has 7 nitrogen and oxygen atoms in total. The van der Waals surface area contributed by atoms with Crippen molar-refractivity contribution in [2.24, 2.45) is 5.10 Å². The second-order valence-electron chi connectivity index (χ2n) is 8.22. The van der Waals surface area contributed by atoms with E-state index >= 15 is 0 Å². The van der Waals surface area contributed by atoms with E-state index in [0.717, 1.165) is 54.2 Å². The normalized spacial score (nSPS) is 14.2. The molecular weight excluding hydrogens is 508 g/mol. The van der Waals surface area contributed by atoms with Crippen LogP contribution in [-0.2, 0) is 6.54 Å². The van der Waals surface area contributed by atoms with Crippen LogP contribution in [0.15, 0.2) is 76.3 Å². The van der Waals surface area contributed by atoms with E-state index in [1.54, 1.807) is 20.4 Å². The van der Waals surface area contributed by atoms with Gasteiger partial charge in [-0.2, -0.15) is 5.10 Å². The number of anilines is 1. The number of methoxy groups -OCH3 is 2. The van der Waals surface area contributed by atoms with Gasteiger partial charge >= 0.3 is 0 Å². The lowest BCUT2D eigenvalue weighted by Gasteiger charge is -2.36. The van der Waals surface area contributed by atoms with E-state index in [9.17, 15) is 4.79 Å². The molecule has 182 valence electrons. The van der Waals surface area contributed by atoms with Gasteiger partial charge in [-0.3, -0.25) is 9.69 Å². The van der Waals surface area contributed by atoms with E-state index in [4.69, 9.17) is 9.47 Å². The topological polar surface area (TPSA) is 66.4 Å². The molecule has 3 aromatic rings. The van der Waals surface area contributed by atoms with Crippen LogP contribution in [0.25, 0.3) is 0 Å². The van der Waals surface area contributed by atoms with Crippen molar-refractivity contribution in [2.75, 3.05) is 45.3 Å². The highest BCUT2D eigenvalue weighted by molar-refractivity contribution is 9.10. The number of ether oxygens (including phenoxy) is 2. The number of nitrogens with one attached hydrogen (secondary N) is 1. The summed E-state index contributed by atoms with van der Waals surface area (Å²) in [7, 11) is 3.31. The lowest BCUT2D eigenvalue weighted by molar-refractivity contribution is 0.0955. The van der Waals surface area contributed by atoms with Gasteiger partial charge in [0, 0.05) is 48.3 Å². The maximum atomic E-state index is 12.5. The van der Waals surface area contributed by atoms with Gasteiger partial charge in [-0.25, -0.2) is 5.43 Å². The molecule has 0 atom stereocenters. The largest absolute Gasteiger partial charge is 0.496 e. The molecule has 8 heteroatoms. The molecule has 1 aliphatic rings. The summed E-state index contributed by atoms with van der Waals surface area (Å²) in [6.45, 7) is 4.67. The van der Waals surface area contributed by atoms with Crippen molar-refractivity contribution in [3.63, 3.8) is 0 Å². The average Bonchev–Trinajstić information content (AvgIpc) is 2.89. The van der Waals surface area contributed by atoms with Gasteiger partial charge in [0.2, 0.25) is 0 Å². The standard InChI is InChI=1S/C27H29BrN4O3/c1-34-25-12-11-23(28)17-22(25)18-29-30-27(33)21-9-7-20(8-10-21)19-31-13-15-32(16-14-31)24-5-3-4-6-26(24)35-2/h3-12,17-18H,13-16,19H2,1-2H3,(H,30,33)/b29-18-. The van der Waals surface area contributed by atoms with E-state index in [-0.39, 0.29) is 5.91 Å². The summed E-state index contributed by atoms with van der Waals surface area (Å²) in [5.74, 6) is 1.33. The van der Waals surface area contributed by atoms with Crippen LogP contribution < -0.4 is 19.8 Å². The number of carbonyl (C=O) groups excluding carboxylic acids is 1. The van der Waals surface area contributed by atoms with Crippen LogP contribution >= 0.6 is 15.9 Å². The van der Waals surface area contributed by atoms with Crippen LogP contribution in [0.5, 0.6) is 11.5 Å². The van der Waals surface area contributed by atoms with Crippen LogP contribution in [0.4, 0.5) is 5.69 Å². The van der Waals surface area contributed by atoms with Crippen molar-refractivity contribution in [2.45, 2.75) is 6.54 Å². The molecule has 1 heterocycles. The van der Waals surface area contributed by atoms with Crippen molar-refractivity contribution in [3.05, 3.63) is 87.9 Å². The van der Waals surface area contributed by atoms with Gasteiger partial charge in [-0.15, -0.1) is 0 Å². The highest BCUT2D eigenvalue weighted by Crippen LogP contribution is 2.28. The third kappa shape index (κ3) is 6.41. The molecule has 1 aliphatic heterocycles. The number of rotatable bonds is 8. The Morgan fingerprint density at radius 3 is 2.40 bits per heavy atom. The number of amides is 1. The molecule has 1 saturated heterocycles.